The number of Topliss-reactive ketones (excluding diaryl/α,β-unsaturated/α-hetero) is 1. The molecular formula is C26H19ClN2O4S. The third-order valence-corrected chi connectivity index (χ3v) is 7.00. The molecule has 1 fully saturated rings. The second kappa shape index (κ2) is 8.59. The van der Waals surface area contributed by atoms with E-state index in [0.29, 0.717) is 27.0 Å². The van der Waals surface area contributed by atoms with Crippen LogP contribution in [-0.2, 0) is 9.59 Å². The Labute approximate surface area is 204 Å². The Bertz CT molecular complexity index is 1460. The number of halogens is 1. The van der Waals surface area contributed by atoms with E-state index in [0.717, 1.165) is 15.8 Å². The second-order valence-electron chi connectivity index (χ2n) is 7.92. The van der Waals surface area contributed by atoms with Gasteiger partial charge in [0, 0.05) is 10.6 Å². The van der Waals surface area contributed by atoms with Crippen molar-refractivity contribution >= 4 is 55.7 Å². The number of hydrogen-bond acceptors (Lipinski definition) is 6. The Balaban J connectivity index is 1.71. The maximum Gasteiger partial charge on any atom is 0.301 e. The van der Waals surface area contributed by atoms with Crippen LogP contribution in [0.3, 0.4) is 0 Å². The highest BCUT2D eigenvalue weighted by molar-refractivity contribution is 7.22. The number of fused-ring (bicyclic) bond motifs is 1. The summed E-state index contributed by atoms with van der Waals surface area (Å²) in [6, 6.07) is 18.4. The van der Waals surface area contributed by atoms with Crippen molar-refractivity contribution < 1.29 is 19.4 Å². The van der Waals surface area contributed by atoms with Gasteiger partial charge in [0.2, 0.25) is 0 Å². The minimum Gasteiger partial charge on any atom is -0.507 e. The van der Waals surface area contributed by atoms with Gasteiger partial charge >= 0.3 is 5.91 Å². The quantitative estimate of drug-likeness (QED) is 0.219. The van der Waals surface area contributed by atoms with Crippen LogP contribution in [0, 0.1) is 6.92 Å². The van der Waals surface area contributed by atoms with E-state index < -0.39 is 17.7 Å². The molecule has 0 saturated carbocycles. The van der Waals surface area contributed by atoms with Crippen molar-refractivity contribution in [1.29, 1.82) is 0 Å². The van der Waals surface area contributed by atoms with E-state index in [4.69, 9.17) is 16.3 Å². The molecule has 1 amide bonds. The van der Waals surface area contributed by atoms with E-state index in [1.165, 1.54) is 16.2 Å². The van der Waals surface area contributed by atoms with Gasteiger partial charge in [-0.2, -0.15) is 0 Å². The van der Waals surface area contributed by atoms with Gasteiger partial charge in [-0.1, -0.05) is 41.1 Å². The summed E-state index contributed by atoms with van der Waals surface area (Å²) in [6.07, 6.45) is 0. The Kier molecular flexibility index (Phi) is 5.59. The molecule has 0 radical (unpaired) electrons. The molecule has 2 heterocycles. The smallest absolute Gasteiger partial charge is 0.301 e. The number of aliphatic hydroxyl groups excluding tert-OH is 1. The number of hydrogen-bond donors (Lipinski definition) is 1. The van der Waals surface area contributed by atoms with Crippen molar-refractivity contribution in [2.45, 2.75) is 13.0 Å². The lowest BCUT2D eigenvalue weighted by molar-refractivity contribution is -0.132. The molecule has 1 aliphatic heterocycles. The van der Waals surface area contributed by atoms with Crippen LogP contribution in [-0.4, -0.2) is 28.9 Å². The molecule has 0 spiro atoms. The number of carbonyl (C=O) groups is 2. The molecule has 4 aromatic rings. The van der Waals surface area contributed by atoms with Crippen molar-refractivity contribution in [2.24, 2.45) is 0 Å². The molecule has 1 atom stereocenters. The zero-order valence-corrected chi connectivity index (χ0v) is 19.9. The molecule has 1 N–H and O–H groups in total. The number of amides is 1. The summed E-state index contributed by atoms with van der Waals surface area (Å²) in [5.41, 5.74) is 2.83. The van der Waals surface area contributed by atoms with Crippen molar-refractivity contribution in [1.82, 2.24) is 4.98 Å². The molecule has 170 valence electrons. The third kappa shape index (κ3) is 3.73. The molecule has 0 bridgehead atoms. The van der Waals surface area contributed by atoms with Gasteiger partial charge in [0.1, 0.15) is 11.5 Å². The molecule has 8 heteroatoms. The molecule has 1 aromatic heterocycles. The highest BCUT2D eigenvalue weighted by Crippen LogP contribution is 2.44. The van der Waals surface area contributed by atoms with E-state index in [-0.39, 0.29) is 11.3 Å². The molecule has 5 rings (SSSR count). The number of aryl methyl sites for hydroxylation is 1. The minimum atomic E-state index is -0.860. The number of aromatic nitrogens is 1. The fourth-order valence-corrected chi connectivity index (χ4v) is 5.23. The summed E-state index contributed by atoms with van der Waals surface area (Å²) in [6.45, 7) is 1.98. The van der Waals surface area contributed by atoms with Crippen molar-refractivity contribution in [3.8, 4) is 5.75 Å². The van der Waals surface area contributed by atoms with Gasteiger partial charge in [-0.25, -0.2) is 4.98 Å². The average Bonchev–Trinajstić information content (AvgIpc) is 3.37. The van der Waals surface area contributed by atoms with E-state index in [2.05, 4.69) is 4.98 Å². The second-order valence-corrected chi connectivity index (χ2v) is 9.36. The summed E-state index contributed by atoms with van der Waals surface area (Å²) in [7, 11) is 1.54. The van der Waals surface area contributed by atoms with E-state index in [1.54, 1.807) is 55.6 Å². The van der Waals surface area contributed by atoms with Crippen LogP contribution in [0.4, 0.5) is 5.13 Å². The summed E-state index contributed by atoms with van der Waals surface area (Å²) in [4.78, 5) is 32.6. The predicted octanol–water partition coefficient (Wildman–Crippen LogP) is 5.89. The molecular weight excluding hydrogens is 472 g/mol. The van der Waals surface area contributed by atoms with Gasteiger partial charge in [-0.3, -0.25) is 14.5 Å². The minimum absolute atomic E-state index is 0.00655. The average molecular weight is 491 g/mol. The number of ether oxygens (including phenoxy) is 1. The molecule has 1 saturated heterocycles. The number of rotatable bonds is 4. The van der Waals surface area contributed by atoms with Gasteiger partial charge in [0.05, 0.1) is 28.9 Å². The van der Waals surface area contributed by atoms with Crippen LogP contribution >= 0.6 is 22.9 Å². The van der Waals surface area contributed by atoms with Gasteiger partial charge < -0.3 is 9.84 Å². The topological polar surface area (TPSA) is 79.7 Å². The van der Waals surface area contributed by atoms with Crippen LogP contribution in [0.5, 0.6) is 5.75 Å². The normalized spacial score (nSPS) is 17.5. The van der Waals surface area contributed by atoms with E-state index in [9.17, 15) is 14.7 Å². The summed E-state index contributed by atoms with van der Waals surface area (Å²) < 4.78 is 6.08. The number of methoxy groups -OCH3 is 1. The molecule has 0 unspecified atom stereocenters. The molecule has 34 heavy (non-hydrogen) atoms. The number of anilines is 1. The molecule has 1 aliphatic rings. The Morgan fingerprint density at radius 1 is 1.06 bits per heavy atom. The van der Waals surface area contributed by atoms with Crippen molar-refractivity contribution in [3.05, 3.63) is 94.0 Å². The Morgan fingerprint density at radius 3 is 2.44 bits per heavy atom. The Hall–Kier alpha value is -3.68. The first-order valence-electron chi connectivity index (χ1n) is 10.5. The summed E-state index contributed by atoms with van der Waals surface area (Å²) in [5, 5.41) is 12.1. The largest absolute Gasteiger partial charge is 0.507 e. The third-order valence-electron chi connectivity index (χ3n) is 5.73. The van der Waals surface area contributed by atoms with Gasteiger partial charge in [-0.15, -0.1) is 0 Å². The molecule has 0 aliphatic carbocycles. The first-order valence-corrected chi connectivity index (χ1v) is 11.6. The first kappa shape index (κ1) is 22.1. The van der Waals surface area contributed by atoms with Crippen LogP contribution in [0.2, 0.25) is 5.02 Å². The number of carbonyl (C=O) groups excluding carboxylic acids is 2. The van der Waals surface area contributed by atoms with Crippen LogP contribution in [0.25, 0.3) is 16.0 Å². The van der Waals surface area contributed by atoms with E-state index >= 15 is 0 Å². The van der Waals surface area contributed by atoms with E-state index in [1.807, 2.05) is 25.1 Å². The molecule has 3 aromatic carbocycles. The number of thiazole rings is 1. The SMILES string of the molecule is COc1ccc(/C(O)=C2\C(=O)C(=O)N(c3nc4ccc(C)cc4s3)[C@H]2c2ccc(Cl)cc2)cc1. The number of benzene rings is 3. The summed E-state index contributed by atoms with van der Waals surface area (Å²) in [5.74, 6) is -1.18. The number of nitrogens with zero attached hydrogens (tertiary/aromatic N) is 2. The van der Waals surface area contributed by atoms with Gasteiger partial charge in [-0.05, 0) is 66.6 Å². The van der Waals surface area contributed by atoms with Crippen LogP contribution < -0.4 is 9.64 Å². The lowest BCUT2D eigenvalue weighted by atomic mass is 9.95. The zero-order valence-electron chi connectivity index (χ0n) is 18.3. The fraction of sp³-hybridized carbons (Fsp3) is 0.115. The Morgan fingerprint density at radius 2 is 1.76 bits per heavy atom. The maximum atomic E-state index is 13.3. The van der Waals surface area contributed by atoms with Crippen molar-refractivity contribution in [3.63, 3.8) is 0 Å². The van der Waals surface area contributed by atoms with Gasteiger partial charge in [0.15, 0.2) is 5.13 Å². The van der Waals surface area contributed by atoms with Crippen LogP contribution in [0.15, 0.2) is 72.3 Å². The summed E-state index contributed by atoms with van der Waals surface area (Å²) >= 11 is 7.42. The monoisotopic (exact) mass is 490 g/mol. The first-order chi connectivity index (χ1) is 16.4. The van der Waals surface area contributed by atoms with Crippen molar-refractivity contribution in [2.75, 3.05) is 12.0 Å². The highest BCUT2D eigenvalue weighted by atomic mass is 35.5. The maximum absolute atomic E-state index is 13.3. The lowest BCUT2D eigenvalue weighted by Gasteiger charge is -2.23. The molecule has 6 nitrogen and oxygen atoms in total. The predicted molar refractivity (Wildman–Crippen MR) is 134 cm³/mol. The number of aliphatic hydroxyl groups is 1. The lowest BCUT2D eigenvalue weighted by Crippen LogP contribution is -2.29. The standard InChI is InChI=1S/C26H19ClN2O4S/c1-14-3-12-19-20(13-14)34-26(28-19)29-22(15-4-8-17(27)9-5-15)21(24(31)25(29)32)23(30)16-6-10-18(33-2)11-7-16/h3-13,22,30H,1-2H3/b23-21+/t22-/m0/s1. The highest BCUT2D eigenvalue weighted by Gasteiger charge is 2.48. The number of ketones is 1. The fourth-order valence-electron chi connectivity index (χ4n) is 4.02. The van der Waals surface area contributed by atoms with Gasteiger partial charge in [0.25, 0.3) is 5.78 Å². The zero-order chi connectivity index (χ0) is 24.0. The van der Waals surface area contributed by atoms with Crippen LogP contribution in [0.1, 0.15) is 22.7 Å².